The van der Waals surface area contributed by atoms with Crippen molar-refractivity contribution in [1.29, 1.82) is 0 Å². The van der Waals surface area contributed by atoms with E-state index in [4.69, 9.17) is 0 Å². The Labute approximate surface area is 253 Å². The molecule has 0 fully saturated rings. The summed E-state index contributed by atoms with van der Waals surface area (Å²) < 4.78 is 2.00. The predicted molar refractivity (Wildman–Crippen MR) is 174 cm³/mol. The average molecular weight is 569 g/mol. The summed E-state index contributed by atoms with van der Waals surface area (Å²) in [4.78, 5) is 42.6. The monoisotopic (exact) mass is 568 g/mol. The number of aromatic nitrogens is 1. The van der Waals surface area contributed by atoms with Crippen molar-refractivity contribution in [2.24, 2.45) is 0 Å². The number of amides is 2. The first-order valence-electron chi connectivity index (χ1n) is 14.4. The third kappa shape index (κ3) is 3.91. The predicted octanol–water partition coefficient (Wildman–Crippen LogP) is 8.48. The standard InChI is InChI=1S/C39H24N2O3/c42-37(27-12-5-2-6-13-27)28-20-23-31-30-14-7-8-16-33(30)41(35(31)24-28)34-17-9-15-32-36(34)39(44)40(38(32)43)29-21-18-26(19-22-29)25-10-3-1-4-11-25/h1-24H. The van der Waals surface area contributed by atoms with Gasteiger partial charge in [0.25, 0.3) is 11.8 Å². The number of hydrogen-bond acceptors (Lipinski definition) is 3. The van der Waals surface area contributed by atoms with Crippen LogP contribution in [0.5, 0.6) is 0 Å². The van der Waals surface area contributed by atoms with Crippen LogP contribution in [0.15, 0.2) is 146 Å². The number of para-hydroxylation sites is 1. The Balaban J connectivity index is 1.27. The number of nitrogens with zero attached hydrogens (tertiary/aromatic N) is 2. The van der Waals surface area contributed by atoms with Gasteiger partial charge in [0.1, 0.15) is 0 Å². The number of carbonyl (C=O) groups is 3. The minimum Gasteiger partial charge on any atom is -0.308 e. The molecule has 0 unspecified atom stereocenters. The molecule has 5 nitrogen and oxygen atoms in total. The summed E-state index contributed by atoms with van der Waals surface area (Å²) >= 11 is 0. The first-order valence-corrected chi connectivity index (χ1v) is 14.4. The van der Waals surface area contributed by atoms with Crippen molar-refractivity contribution < 1.29 is 14.4 Å². The first kappa shape index (κ1) is 25.6. The molecule has 5 heteroatoms. The van der Waals surface area contributed by atoms with Crippen LogP contribution in [0, 0.1) is 0 Å². The lowest BCUT2D eigenvalue weighted by molar-refractivity contribution is 0.0925. The first-order chi connectivity index (χ1) is 21.6. The summed E-state index contributed by atoms with van der Waals surface area (Å²) in [5.74, 6) is -0.825. The second-order valence-electron chi connectivity index (χ2n) is 10.8. The van der Waals surface area contributed by atoms with Crippen molar-refractivity contribution in [3.05, 3.63) is 168 Å². The number of benzene rings is 6. The quantitative estimate of drug-likeness (QED) is 0.155. The molecule has 208 valence electrons. The second-order valence-corrected chi connectivity index (χ2v) is 10.8. The van der Waals surface area contributed by atoms with Crippen molar-refractivity contribution >= 4 is 45.1 Å². The molecule has 6 aromatic carbocycles. The molecule has 8 rings (SSSR count). The molecule has 0 atom stereocenters. The number of rotatable bonds is 5. The van der Waals surface area contributed by atoms with Gasteiger partial charge in [-0.3, -0.25) is 14.4 Å². The molecule has 7 aromatic rings. The molecule has 0 bridgehead atoms. The van der Waals surface area contributed by atoms with E-state index in [0.29, 0.717) is 33.6 Å². The zero-order chi connectivity index (χ0) is 29.8. The average Bonchev–Trinajstić information content (AvgIpc) is 3.55. The van der Waals surface area contributed by atoms with Crippen molar-refractivity contribution in [2.45, 2.75) is 0 Å². The molecule has 0 saturated heterocycles. The highest BCUT2D eigenvalue weighted by Crippen LogP contribution is 2.38. The summed E-state index contributed by atoms with van der Waals surface area (Å²) in [5.41, 5.74) is 6.66. The lowest BCUT2D eigenvalue weighted by atomic mass is 10.0. The highest BCUT2D eigenvalue weighted by atomic mass is 16.2. The van der Waals surface area contributed by atoms with E-state index in [0.717, 1.165) is 32.9 Å². The van der Waals surface area contributed by atoms with E-state index in [1.807, 2.05) is 126 Å². The van der Waals surface area contributed by atoms with E-state index in [2.05, 4.69) is 0 Å². The largest absolute Gasteiger partial charge is 0.308 e. The Kier molecular flexibility index (Phi) is 5.84. The van der Waals surface area contributed by atoms with Gasteiger partial charge >= 0.3 is 0 Å². The lowest BCUT2D eigenvalue weighted by Gasteiger charge is -2.15. The fourth-order valence-electron chi connectivity index (χ4n) is 6.25. The molecular weight excluding hydrogens is 544 g/mol. The van der Waals surface area contributed by atoms with Gasteiger partial charge in [-0.2, -0.15) is 0 Å². The highest BCUT2D eigenvalue weighted by Gasteiger charge is 2.39. The van der Waals surface area contributed by atoms with Crippen molar-refractivity contribution in [3.63, 3.8) is 0 Å². The van der Waals surface area contributed by atoms with Gasteiger partial charge in [-0.25, -0.2) is 4.90 Å². The van der Waals surface area contributed by atoms with Gasteiger partial charge in [-0.15, -0.1) is 0 Å². The van der Waals surface area contributed by atoms with Crippen LogP contribution < -0.4 is 4.90 Å². The minimum atomic E-state index is -0.379. The van der Waals surface area contributed by atoms with Crippen LogP contribution in [0.25, 0.3) is 38.6 Å². The third-order valence-electron chi connectivity index (χ3n) is 8.34. The topological polar surface area (TPSA) is 59.4 Å². The Hall–Kier alpha value is -6.07. The molecule has 0 spiro atoms. The SMILES string of the molecule is O=C(c1ccccc1)c1ccc2c3ccccc3n(-c3cccc4c3C(=O)N(c3ccc(-c5ccccc5)cc3)C4=O)c2c1. The van der Waals surface area contributed by atoms with E-state index >= 15 is 0 Å². The van der Waals surface area contributed by atoms with Gasteiger partial charge in [0.15, 0.2) is 5.78 Å². The Bertz CT molecular complexity index is 2270. The summed E-state index contributed by atoms with van der Waals surface area (Å²) in [7, 11) is 0. The van der Waals surface area contributed by atoms with Crippen molar-refractivity contribution in [2.75, 3.05) is 4.90 Å². The van der Waals surface area contributed by atoms with Crippen LogP contribution in [0.4, 0.5) is 5.69 Å². The van der Waals surface area contributed by atoms with Crippen LogP contribution >= 0.6 is 0 Å². The molecule has 1 aromatic heterocycles. The number of carbonyl (C=O) groups excluding carboxylic acids is 3. The molecule has 2 heterocycles. The maximum absolute atomic E-state index is 14.1. The van der Waals surface area contributed by atoms with Crippen LogP contribution in [0.1, 0.15) is 36.6 Å². The zero-order valence-corrected chi connectivity index (χ0v) is 23.5. The molecular formula is C39H24N2O3. The van der Waals surface area contributed by atoms with Gasteiger partial charge in [0.2, 0.25) is 0 Å². The van der Waals surface area contributed by atoms with E-state index in [1.165, 1.54) is 4.90 Å². The van der Waals surface area contributed by atoms with Gasteiger partial charge in [-0.1, -0.05) is 109 Å². The van der Waals surface area contributed by atoms with Gasteiger partial charge in [0, 0.05) is 21.9 Å². The van der Waals surface area contributed by atoms with Gasteiger partial charge in [-0.05, 0) is 47.5 Å². The van der Waals surface area contributed by atoms with E-state index in [1.54, 1.807) is 24.3 Å². The number of fused-ring (bicyclic) bond motifs is 4. The van der Waals surface area contributed by atoms with Gasteiger partial charge < -0.3 is 4.57 Å². The molecule has 44 heavy (non-hydrogen) atoms. The molecule has 1 aliphatic heterocycles. The Morgan fingerprint density at radius 2 is 1.16 bits per heavy atom. The normalized spacial score (nSPS) is 12.7. The summed E-state index contributed by atoms with van der Waals surface area (Å²) in [5, 5.41) is 1.94. The number of ketones is 1. The van der Waals surface area contributed by atoms with Crippen molar-refractivity contribution in [1.82, 2.24) is 4.57 Å². The zero-order valence-electron chi connectivity index (χ0n) is 23.5. The highest BCUT2D eigenvalue weighted by molar-refractivity contribution is 6.35. The minimum absolute atomic E-state index is 0.0843. The summed E-state index contributed by atoms with van der Waals surface area (Å²) in [6.07, 6.45) is 0. The van der Waals surface area contributed by atoms with Crippen molar-refractivity contribution in [3.8, 4) is 16.8 Å². The number of anilines is 1. The van der Waals surface area contributed by atoms with Crippen LogP contribution in [0.3, 0.4) is 0 Å². The maximum atomic E-state index is 14.1. The smallest absolute Gasteiger partial charge is 0.268 e. The second kappa shape index (κ2) is 10.0. The molecule has 0 N–H and O–H groups in total. The fourth-order valence-corrected chi connectivity index (χ4v) is 6.25. The fraction of sp³-hybridized carbons (Fsp3) is 0. The molecule has 0 aliphatic carbocycles. The molecule has 2 amide bonds. The lowest BCUT2D eigenvalue weighted by Crippen LogP contribution is -2.29. The van der Waals surface area contributed by atoms with Crippen LogP contribution in [-0.2, 0) is 0 Å². The summed E-state index contributed by atoms with van der Waals surface area (Å²) in [6.45, 7) is 0. The van der Waals surface area contributed by atoms with Crippen LogP contribution in [-0.4, -0.2) is 22.2 Å². The summed E-state index contributed by atoms with van der Waals surface area (Å²) in [6, 6.07) is 45.6. The Morgan fingerprint density at radius 3 is 1.93 bits per heavy atom. The van der Waals surface area contributed by atoms with E-state index in [9.17, 15) is 14.4 Å². The molecule has 0 radical (unpaired) electrons. The Morgan fingerprint density at radius 1 is 0.500 bits per heavy atom. The number of hydrogen-bond donors (Lipinski definition) is 0. The van der Waals surface area contributed by atoms with Gasteiger partial charge in [0.05, 0.1) is 33.5 Å². The molecule has 0 saturated carbocycles. The van der Waals surface area contributed by atoms with Crippen LogP contribution in [0.2, 0.25) is 0 Å². The molecule has 1 aliphatic rings. The maximum Gasteiger partial charge on any atom is 0.268 e. The number of imide groups is 1. The third-order valence-corrected chi connectivity index (χ3v) is 8.34. The van der Waals surface area contributed by atoms with E-state index in [-0.39, 0.29) is 17.6 Å². The van der Waals surface area contributed by atoms with E-state index < -0.39 is 0 Å².